The van der Waals surface area contributed by atoms with Gasteiger partial charge in [0.25, 0.3) is 11.3 Å². The number of rotatable bonds is 3. The van der Waals surface area contributed by atoms with E-state index in [2.05, 4.69) is 25.4 Å². The van der Waals surface area contributed by atoms with Gasteiger partial charge in [0.2, 0.25) is 0 Å². The monoisotopic (exact) mass is 260 g/mol. The zero-order valence-corrected chi connectivity index (χ0v) is 10.2. The third-order valence-electron chi connectivity index (χ3n) is 2.61. The number of aromatic amines is 1. The number of nitrogens with one attached hydrogen (secondary N) is 1. The SMILES string of the molecule is Cc1cc(=O)n2[nH]c(Cn3cc(CN)nn3)nc2n1. The smallest absolute Gasteiger partial charge is 0.274 e. The van der Waals surface area contributed by atoms with Crippen LogP contribution in [0.25, 0.3) is 5.78 Å². The molecule has 3 aromatic rings. The van der Waals surface area contributed by atoms with Gasteiger partial charge in [-0.25, -0.2) is 9.67 Å². The summed E-state index contributed by atoms with van der Waals surface area (Å²) in [6.07, 6.45) is 1.73. The van der Waals surface area contributed by atoms with Crippen LogP contribution in [0.5, 0.6) is 0 Å². The summed E-state index contributed by atoms with van der Waals surface area (Å²) in [5.41, 5.74) is 6.60. The summed E-state index contributed by atoms with van der Waals surface area (Å²) in [5.74, 6) is 0.919. The highest BCUT2D eigenvalue weighted by Crippen LogP contribution is 2.00. The van der Waals surface area contributed by atoms with Crippen LogP contribution in [0.15, 0.2) is 17.1 Å². The molecule has 0 fully saturated rings. The lowest BCUT2D eigenvalue weighted by molar-refractivity contribution is 0.623. The van der Waals surface area contributed by atoms with Gasteiger partial charge in [0.05, 0.1) is 11.9 Å². The van der Waals surface area contributed by atoms with Gasteiger partial charge in [0, 0.05) is 18.3 Å². The fourth-order valence-electron chi connectivity index (χ4n) is 1.77. The van der Waals surface area contributed by atoms with E-state index in [0.717, 1.165) is 0 Å². The van der Waals surface area contributed by atoms with E-state index in [0.29, 0.717) is 36.1 Å². The molecule has 19 heavy (non-hydrogen) atoms. The third kappa shape index (κ3) is 2.10. The van der Waals surface area contributed by atoms with Crippen molar-refractivity contribution in [3.63, 3.8) is 0 Å². The van der Waals surface area contributed by atoms with Crippen LogP contribution in [0.2, 0.25) is 0 Å². The van der Waals surface area contributed by atoms with E-state index in [4.69, 9.17) is 5.73 Å². The van der Waals surface area contributed by atoms with Crippen molar-refractivity contribution < 1.29 is 0 Å². The molecule has 0 aliphatic heterocycles. The van der Waals surface area contributed by atoms with E-state index < -0.39 is 0 Å². The van der Waals surface area contributed by atoms with E-state index in [1.165, 1.54) is 10.6 Å². The van der Waals surface area contributed by atoms with Crippen molar-refractivity contribution >= 4 is 5.78 Å². The van der Waals surface area contributed by atoms with Crippen molar-refractivity contribution in [3.8, 4) is 0 Å². The summed E-state index contributed by atoms with van der Waals surface area (Å²) in [6, 6.07) is 1.44. The molecular formula is C10H12N8O. The number of fused-ring (bicyclic) bond motifs is 1. The van der Waals surface area contributed by atoms with Gasteiger partial charge in [-0.05, 0) is 6.92 Å². The predicted molar refractivity (Wildman–Crippen MR) is 65.4 cm³/mol. The normalized spacial score (nSPS) is 11.3. The highest BCUT2D eigenvalue weighted by atomic mass is 16.1. The maximum absolute atomic E-state index is 11.7. The maximum Gasteiger partial charge on any atom is 0.274 e. The molecule has 0 spiro atoms. The van der Waals surface area contributed by atoms with Gasteiger partial charge in [-0.1, -0.05) is 5.21 Å². The van der Waals surface area contributed by atoms with E-state index in [9.17, 15) is 4.79 Å². The molecule has 3 N–H and O–H groups in total. The number of nitrogens with zero attached hydrogens (tertiary/aromatic N) is 6. The summed E-state index contributed by atoms with van der Waals surface area (Å²) in [4.78, 5) is 20.1. The summed E-state index contributed by atoms with van der Waals surface area (Å²) in [6.45, 7) is 2.45. The van der Waals surface area contributed by atoms with Crippen LogP contribution >= 0.6 is 0 Å². The van der Waals surface area contributed by atoms with Crippen LogP contribution in [0.3, 0.4) is 0 Å². The molecule has 9 heteroatoms. The lowest BCUT2D eigenvalue weighted by atomic mass is 10.5. The molecule has 3 heterocycles. The molecule has 0 saturated heterocycles. The van der Waals surface area contributed by atoms with E-state index >= 15 is 0 Å². The van der Waals surface area contributed by atoms with Crippen molar-refractivity contribution in [2.45, 2.75) is 20.0 Å². The summed E-state index contributed by atoms with van der Waals surface area (Å²) in [5, 5.41) is 10.7. The molecule has 0 unspecified atom stereocenters. The summed E-state index contributed by atoms with van der Waals surface area (Å²) < 4.78 is 2.89. The molecule has 98 valence electrons. The average molecular weight is 260 g/mol. The highest BCUT2D eigenvalue weighted by molar-refractivity contribution is 5.27. The zero-order valence-electron chi connectivity index (χ0n) is 10.2. The number of nitrogens with two attached hydrogens (primary N) is 1. The highest BCUT2D eigenvalue weighted by Gasteiger charge is 2.08. The molecule has 0 saturated carbocycles. The standard InChI is InChI=1S/C10H12N8O/c1-6-2-9(19)18-10(12-6)13-8(15-18)5-17-4-7(3-11)14-16-17/h2,4H,3,5,11H2,1H3,(H,12,13,15). The first-order valence-corrected chi connectivity index (χ1v) is 5.70. The Balaban J connectivity index is 1.97. The lowest BCUT2D eigenvalue weighted by Crippen LogP contribution is -2.14. The fourth-order valence-corrected chi connectivity index (χ4v) is 1.77. The van der Waals surface area contributed by atoms with Crippen molar-refractivity contribution in [2.75, 3.05) is 0 Å². The summed E-state index contributed by atoms with van der Waals surface area (Å²) >= 11 is 0. The minimum atomic E-state index is -0.192. The largest absolute Gasteiger partial charge is 0.325 e. The second kappa shape index (κ2) is 4.28. The number of hydrogen-bond acceptors (Lipinski definition) is 6. The summed E-state index contributed by atoms with van der Waals surface area (Å²) in [7, 11) is 0. The van der Waals surface area contributed by atoms with Crippen molar-refractivity contribution in [3.05, 3.63) is 39.8 Å². The van der Waals surface area contributed by atoms with Gasteiger partial charge in [0.1, 0.15) is 12.4 Å². The Labute approximate surface area is 107 Å². The van der Waals surface area contributed by atoms with E-state index in [1.807, 2.05) is 0 Å². The van der Waals surface area contributed by atoms with Crippen LogP contribution in [0, 0.1) is 6.92 Å². The van der Waals surface area contributed by atoms with Crippen molar-refractivity contribution in [2.24, 2.45) is 5.73 Å². The molecule has 0 aliphatic carbocycles. The number of H-pyrrole nitrogens is 1. The molecule has 0 radical (unpaired) electrons. The van der Waals surface area contributed by atoms with Gasteiger partial charge in [0.15, 0.2) is 0 Å². The molecule has 0 aromatic carbocycles. The molecule has 3 aromatic heterocycles. The topological polar surface area (TPSA) is 120 Å². The van der Waals surface area contributed by atoms with Gasteiger partial charge >= 0.3 is 0 Å². The van der Waals surface area contributed by atoms with Crippen LogP contribution < -0.4 is 11.3 Å². The van der Waals surface area contributed by atoms with Gasteiger partial charge in [-0.2, -0.15) is 9.50 Å². The number of aromatic nitrogens is 7. The Morgan fingerprint density at radius 1 is 1.42 bits per heavy atom. The molecule has 0 bridgehead atoms. The Bertz CT molecular complexity index is 782. The zero-order chi connectivity index (χ0) is 13.4. The van der Waals surface area contributed by atoms with Gasteiger partial charge in [-0.3, -0.25) is 9.89 Å². The Morgan fingerprint density at radius 2 is 2.26 bits per heavy atom. The Morgan fingerprint density at radius 3 is 3.00 bits per heavy atom. The molecule has 0 amide bonds. The van der Waals surface area contributed by atoms with Gasteiger partial charge in [-0.15, -0.1) is 5.10 Å². The van der Waals surface area contributed by atoms with Crippen LogP contribution in [-0.2, 0) is 13.1 Å². The Hall–Kier alpha value is -2.55. The third-order valence-corrected chi connectivity index (χ3v) is 2.61. The molecule has 0 atom stereocenters. The maximum atomic E-state index is 11.7. The van der Waals surface area contributed by atoms with Crippen LogP contribution in [-0.4, -0.2) is 34.6 Å². The molecule has 0 aliphatic rings. The number of aryl methyl sites for hydroxylation is 1. The molecule has 3 rings (SSSR count). The average Bonchev–Trinajstić information content (AvgIpc) is 2.96. The first kappa shape index (κ1) is 11.5. The first-order chi connectivity index (χ1) is 9.15. The van der Waals surface area contributed by atoms with Gasteiger partial charge < -0.3 is 5.73 Å². The lowest BCUT2D eigenvalue weighted by Gasteiger charge is -1.94. The quantitative estimate of drug-likeness (QED) is 0.612. The van der Waals surface area contributed by atoms with E-state index in [1.54, 1.807) is 17.8 Å². The predicted octanol–water partition coefficient (Wildman–Crippen LogP) is -1.18. The minimum Gasteiger partial charge on any atom is -0.325 e. The second-order valence-electron chi connectivity index (χ2n) is 4.15. The van der Waals surface area contributed by atoms with Crippen LogP contribution in [0.1, 0.15) is 17.2 Å². The van der Waals surface area contributed by atoms with Crippen molar-refractivity contribution in [1.82, 2.24) is 34.6 Å². The van der Waals surface area contributed by atoms with Crippen molar-refractivity contribution in [1.29, 1.82) is 0 Å². The Kier molecular flexibility index (Phi) is 2.60. The van der Waals surface area contributed by atoms with E-state index in [-0.39, 0.29) is 5.56 Å². The van der Waals surface area contributed by atoms with Crippen LogP contribution in [0.4, 0.5) is 0 Å². The second-order valence-corrected chi connectivity index (χ2v) is 4.15. The molecule has 9 nitrogen and oxygen atoms in total. The minimum absolute atomic E-state index is 0.192. The first-order valence-electron chi connectivity index (χ1n) is 5.70. The fraction of sp³-hybridized carbons (Fsp3) is 0.300. The molecular weight excluding hydrogens is 248 g/mol. The number of hydrogen-bond donors (Lipinski definition) is 2.